The largest absolute Gasteiger partial charge is 0.486 e. The smallest absolute Gasteiger partial charge is 0.255 e. The number of ether oxygens (including phenoxy) is 3. The summed E-state index contributed by atoms with van der Waals surface area (Å²) in [6.07, 6.45) is 1.39. The number of allylic oxidation sites excluding steroid dienone is 1. The summed E-state index contributed by atoms with van der Waals surface area (Å²) in [4.78, 5) is 22.2. The Kier molecular flexibility index (Phi) is 6.64. The fourth-order valence-electron chi connectivity index (χ4n) is 4.72. The van der Waals surface area contributed by atoms with Crippen LogP contribution in [0.15, 0.2) is 35.9 Å². The minimum atomic E-state index is -0.255. The van der Waals surface area contributed by atoms with Crippen molar-refractivity contribution < 1.29 is 19.0 Å². The number of hydrogen-bond acceptors (Lipinski definition) is 8. The summed E-state index contributed by atoms with van der Waals surface area (Å²) in [5.41, 5.74) is 3.66. The third-order valence-corrected chi connectivity index (χ3v) is 7.36. The Morgan fingerprint density at radius 1 is 1.33 bits per heavy atom. The van der Waals surface area contributed by atoms with Crippen LogP contribution in [0.3, 0.4) is 0 Å². The van der Waals surface area contributed by atoms with Gasteiger partial charge in [0, 0.05) is 48.9 Å². The summed E-state index contributed by atoms with van der Waals surface area (Å²) in [5, 5.41) is 6.31. The molecule has 0 radical (unpaired) electrons. The number of benzene rings is 1. The molecule has 1 N–H and O–H groups in total. The Morgan fingerprint density at radius 2 is 2.18 bits per heavy atom. The molecule has 0 saturated carbocycles. The van der Waals surface area contributed by atoms with Crippen LogP contribution in [-0.2, 0) is 29.2 Å². The average molecular weight is 471 g/mol. The maximum atomic E-state index is 13.2. The van der Waals surface area contributed by atoms with Gasteiger partial charge < -0.3 is 24.4 Å². The number of aromatic nitrogens is 1. The molecule has 2 unspecified atom stereocenters. The van der Waals surface area contributed by atoms with Gasteiger partial charge in [0.05, 0.1) is 31.5 Å². The molecule has 33 heavy (non-hydrogen) atoms. The van der Waals surface area contributed by atoms with Crippen LogP contribution in [0, 0.1) is 0 Å². The number of carbonyl (C=O) groups is 1. The van der Waals surface area contributed by atoms with Gasteiger partial charge in [-0.1, -0.05) is 12.6 Å². The molecule has 1 aromatic heterocycles. The molecule has 0 aliphatic carbocycles. The highest BCUT2D eigenvalue weighted by atomic mass is 32.1. The zero-order chi connectivity index (χ0) is 22.8. The quantitative estimate of drug-likeness (QED) is 0.667. The molecule has 0 bridgehead atoms. The molecule has 0 spiro atoms. The van der Waals surface area contributed by atoms with E-state index in [-0.39, 0.29) is 18.2 Å². The number of rotatable bonds is 7. The zero-order valence-electron chi connectivity index (χ0n) is 18.9. The summed E-state index contributed by atoms with van der Waals surface area (Å²) >= 11 is 1.61. The lowest BCUT2D eigenvalue weighted by Gasteiger charge is -2.38. The lowest BCUT2D eigenvalue weighted by atomic mass is 10.0. The van der Waals surface area contributed by atoms with E-state index in [1.165, 1.54) is 0 Å². The molecule has 4 heterocycles. The second-order valence-corrected chi connectivity index (χ2v) is 9.58. The van der Waals surface area contributed by atoms with Gasteiger partial charge in [0.1, 0.15) is 23.6 Å². The second-order valence-electron chi connectivity index (χ2n) is 8.64. The Labute approximate surface area is 198 Å². The van der Waals surface area contributed by atoms with Crippen LogP contribution in [0.2, 0.25) is 0 Å². The molecule has 9 heteroatoms. The van der Waals surface area contributed by atoms with Crippen molar-refractivity contribution in [2.75, 3.05) is 33.4 Å². The number of hydrogen-bond donors (Lipinski definition) is 1. The van der Waals surface area contributed by atoms with Gasteiger partial charge in [-0.2, -0.15) is 0 Å². The maximum absolute atomic E-state index is 13.2. The fourth-order valence-corrected chi connectivity index (χ4v) is 5.42. The van der Waals surface area contributed by atoms with E-state index in [0.29, 0.717) is 18.7 Å². The van der Waals surface area contributed by atoms with Gasteiger partial charge in [0.25, 0.3) is 5.91 Å². The number of fused-ring (bicyclic) bond motifs is 1. The van der Waals surface area contributed by atoms with Crippen molar-refractivity contribution in [1.29, 1.82) is 0 Å². The first kappa shape index (κ1) is 22.3. The number of morpholine rings is 1. The molecule has 176 valence electrons. The molecule has 2 fully saturated rings. The number of amides is 1. The van der Waals surface area contributed by atoms with Gasteiger partial charge in [-0.05, 0) is 25.0 Å². The molecule has 8 nitrogen and oxygen atoms in total. The van der Waals surface area contributed by atoms with E-state index >= 15 is 0 Å². The minimum absolute atomic E-state index is 0.0267. The summed E-state index contributed by atoms with van der Waals surface area (Å²) in [7, 11) is 1.66. The van der Waals surface area contributed by atoms with Gasteiger partial charge in [-0.25, -0.2) is 4.98 Å². The van der Waals surface area contributed by atoms with Crippen LogP contribution >= 0.6 is 11.3 Å². The van der Waals surface area contributed by atoms with Gasteiger partial charge in [-0.15, -0.1) is 11.3 Å². The first-order chi connectivity index (χ1) is 16.1. The summed E-state index contributed by atoms with van der Waals surface area (Å²) in [6.45, 7) is 9.21. The van der Waals surface area contributed by atoms with E-state index in [2.05, 4.69) is 22.2 Å². The SMILES string of the molecule is C=C1CCC(N2Cc3c(OCc4nc(CN5CCOCC5)cs4)cccc3C2=O)C(OC)N1. The summed E-state index contributed by atoms with van der Waals surface area (Å²) in [6, 6.07) is 5.66. The predicted octanol–water partition coefficient (Wildman–Crippen LogP) is 2.75. The number of piperidine rings is 1. The molecule has 1 amide bonds. The van der Waals surface area contributed by atoms with Gasteiger partial charge in [-0.3, -0.25) is 9.69 Å². The third kappa shape index (κ3) is 4.77. The maximum Gasteiger partial charge on any atom is 0.255 e. The number of carbonyl (C=O) groups excluding carboxylic acids is 1. The molecule has 2 saturated heterocycles. The molecule has 5 rings (SSSR count). The Hall–Kier alpha value is -2.46. The van der Waals surface area contributed by atoms with E-state index in [9.17, 15) is 4.79 Å². The summed E-state index contributed by atoms with van der Waals surface area (Å²) < 4.78 is 17.2. The van der Waals surface area contributed by atoms with Crippen molar-refractivity contribution in [2.45, 2.75) is 44.8 Å². The summed E-state index contributed by atoms with van der Waals surface area (Å²) in [5.74, 6) is 0.772. The van der Waals surface area contributed by atoms with Crippen LogP contribution in [0.25, 0.3) is 0 Å². The van der Waals surface area contributed by atoms with Crippen LogP contribution in [0.4, 0.5) is 0 Å². The average Bonchev–Trinajstić information content (AvgIpc) is 3.42. The van der Waals surface area contributed by atoms with Crippen molar-refractivity contribution in [3.8, 4) is 5.75 Å². The highest BCUT2D eigenvalue weighted by molar-refractivity contribution is 7.09. The molecular weight excluding hydrogens is 440 g/mol. The number of nitrogens with one attached hydrogen (secondary N) is 1. The van der Waals surface area contributed by atoms with E-state index in [4.69, 9.17) is 19.2 Å². The van der Waals surface area contributed by atoms with Crippen LogP contribution in [0.5, 0.6) is 5.75 Å². The number of thiazole rings is 1. The Bertz CT molecular complexity index is 1020. The van der Waals surface area contributed by atoms with Gasteiger partial charge in [0.2, 0.25) is 0 Å². The number of nitrogens with zero attached hydrogens (tertiary/aromatic N) is 3. The van der Waals surface area contributed by atoms with Crippen LogP contribution in [-0.4, -0.2) is 66.4 Å². The van der Waals surface area contributed by atoms with Crippen molar-refractivity contribution in [3.05, 3.63) is 57.7 Å². The molecule has 1 aromatic carbocycles. The molecular formula is C24H30N4O4S. The third-order valence-electron chi connectivity index (χ3n) is 6.48. The van der Waals surface area contributed by atoms with E-state index in [1.54, 1.807) is 18.4 Å². The van der Waals surface area contributed by atoms with Gasteiger partial charge >= 0.3 is 0 Å². The molecule has 2 atom stereocenters. The minimum Gasteiger partial charge on any atom is -0.486 e. The second kappa shape index (κ2) is 9.80. The highest BCUT2D eigenvalue weighted by Crippen LogP contribution is 2.35. The Balaban J connectivity index is 1.24. The molecule has 3 aliphatic rings. The van der Waals surface area contributed by atoms with Crippen LogP contribution < -0.4 is 10.1 Å². The lowest BCUT2D eigenvalue weighted by molar-refractivity contribution is -0.0103. The zero-order valence-corrected chi connectivity index (χ0v) is 19.7. The van der Waals surface area contributed by atoms with Crippen molar-refractivity contribution in [2.24, 2.45) is 0 Å². The van der Waals surface area contributed by atoms with Crippen molar-refractivity contribution in [1.82, 2.24) is 20.1 Å². The van der Waals surface area contributed by atoms with E-state index in [0.717, 1.165) is 73.4 Å². The first-order valence-electron chi connectivity index (χ1n) is 11.4. The predicted molar refractivity (Wildman–Crippen MR) is 125 cm³/mol. The van der Waals surface area contributed by atoms with Crippen molar-refractivity contribution in [3.63, 3.8) is 0 Å². The highest BCUT2D eigenvalue weighted by Gasteiger charge is 2.39. The standard InChI is InChI=1S/C24H30N4O4S/c1-16-6-7-20(23(25-16)30-2)28-13-19-18(24(28)29)4-3-5-21(19)32-14-22-26-17(15-33-22)12-27-8-10-31-11-9-27/h3-5,15,20,23,25H,1,6-14H2,2H3. The molecule has 2 aromatic rings. The molecule has 3 aliphatic heterocycles. The van der Waals surface area contributed by atoms with Crippen molar-refractivity contribution >= 4 is 17.2 Å². The topological polar surface area (TPSA) is 76.2 Å². The fraction of sp³-hybridized carbons (Fsp3) is 0.500. The number of methoxy groups -OCH3 is 1. The Morgan fingerprint density at radius 3 is 3.00 bits per heavy atom. The monoisotopic (exact) mass is 470 g/mol. The lowest BCUT2D eigenvalue weighted by Crippen LogP contribution is -2.53. The van der Waals surface area contributed by atoms with E-state index < -0.39 is 0 Å². The normalized spacial score (nSPS) is 23.5. The van der Waals surface area contributed by atoms with E-state index in [1.807, 2.05) is 23.1 Å². The van der Waals surface area contributed by atoms with Gasteiger partial charge in [0.15, 0.2) is 0 Å². The first-order valence-corrected chi connectivity index (χ1v) is 12.3. The van der Waals surface area contributed by atoms with Crippen LogP contribution in [0.1, 0.15) is 39.5 Å².